The van der Waals surface area contributed by atoms with E-state index in [4.69, 9.17) is 4.52 Å². The van der Waals surface area contributed by atoms with Crippen LogP contribution in [0.2, 0.25) is 0 Å². The Balaban J connectivity index is 1.61. The Bertz CT molecular complexity index is 668. The van der Waals surface area contributed by atoms with Crippen molar-refractivity contribution in [3.05, 3.63) is 34.1 Å². The second-order valence-corrected chi connectivity index (χ2v) is 7.44. The summed E-state index contributed by atoms with van der Waals surface area (Å²) in [5.41, 5.74) is 1.17. The summed E-state index contributed by atoms with van der Waals surface area (Å²) in [6.45, 7) is 6.02. The highest BCUT2D eigenvalue weighted by Crippen LogP contribution is 2.30. The summed E-state index contributed by atoms with van der Waals surface area (Å²) in [5, 5.41) is 8.24. The summed E-state index contributed by atoms with van der Waals surface area (Å²) < 4.78 is 5.33. The Morgan fingerprint density at radius 1 is 1.54 bits per heavy atom. The first-order valence-corrected chi connectivity index (χ1v) is 9.31. The number of rotatable bonds is 6. The molecule has 3 rings (SSSR count). The van der Waals surface area contributed by atoms with Crippen molar-refractivity contribution >= 4 is 17.2 Å². The average Bonchev–Trinajstić information content (AvgIpc) is 3.27. The van der Waals surface area contributed by atoms with Crippen molar-refractivity contribution in [1.29, 1.82) is 0 Å². The number of aromatic nitrogens is 2. The van der Waals surface area contributed by atoms with E-state index >= 15 is 0 Å². The molecular formula is C17H24N4O2S. The van der Waals surface area contributed by atoms with E-state index in [0.717, 1.165) is 19.4 Å². The number of hydrogen-bond donors (Lipinski definition) is 0. The molecule has 7 heteroatoms. The van der Waals surface area contributed by atoms with Gasteiger partial charge in [0.25, 0.3) is 0 Å². The van der Waals surface area contributed by atoms with Gasteiger partial charge >= 0.3 is 0 Å². The van der Waals surface area contributed by atoms with Gasteiger partial charge < -0.3 is 9.42 Å². The Kier molecular flexibility index (Phi) is 5.30. The van der Waals surface area contributed by atoms with Crippen molar-refractivity contribution in [3.8, 4) is 0 Å². The topological polar surface area (TPSA) is 62.5 Å². The third-order valence-corrected chi connectivity index (χ3v) is 5.11. The number of likely N-dealkylation sites (N-methyl/N-ethyl adjacent to an activating group) is 1. The molecule has 0 unspecified atom stereocenters. The summed E-state index contributed by atoms with van der Waals surface area (Å²) in [7, 11) is 1.86. The van der Waals surface area contributed by atoms with Crippen LogP contribution in [0, 0.1) is 0 Å². The van der Waals surface area contributed by atoms with Crippen LogP contribution in [0.3, 0.4) is 0 Å². The van der Waals surface area contributed by atoms with Gasteiger partial charge in [0.15, 0.2) is 5.82 Å². The molecule has 1 amide bonds. The highest BCUT2D eigenvalue weighted by Gasteiger charge is 2.32. The standard InChI is InChI=1S/C17H24N4O2S/c1-12(2)17-18-16(19-23-17)14-5-4-7-21(14)10-15(22)20(3)9-13-6-8-24-11-13/h6,8,11-12,14H,4-5,7,9-10H2,1-3H3/t14-/m1/s1. The van der Waals surface area contributed by atoms with Crippen LogP contribution in [0.5, 0.6) is 0 Å². The molecule has 0 aliphatic carbocycles. The van der Waals surface area contributed by atoms with Gasteiger partial charge in [-0.2, -0.15) is 16.3 Å². The molecule has 2 aromatic rings. The minimum absolute atomic E-state index is 0.0831. The summed E-state index contributed by atoms with van der Waals surface area (Å²) in [6.07, 6.45) is 2.02. The number of amides is 1. The predicted molar refractivity (Wildman–Crippen MR) is 92.7 cm³/mol. The van der Waals surface area contributed by atoms with Gasteiger partial charge in [-0.05, 0) is 41.8 Å². The van der Waals surface area contributed by atoms with Crippen molar-refractivity contribution < 1.29 is 9.32 Å². The van der Waals surface area contributed by atoms with Crippen LogP contribution in [0.4, 0.5) is 0 Å². The Labute approximate surface area is 146 Å². The van der Waals surface area contributed by atoms with E-state index in [0.29, 0.717) is 24.8 Å². The van der Waals surface area contributed by atoms with Gasteiger partial charge in [-0.25, -0.2) is 0 Å². The van der Waals surface area contributed by atoms with Crippen molar-refractivity contribution in [2.75, 3.05) is 20.1 Å². The SMILES string of the molecule is CC(C)c1nc([C@H]2CCCN2CC(=O)N(C)Cc2ccsc2)no1. The second-order valence-electron chi connectivity index (χ2n) is 6.66. The minimum atomic E-state index is 0.0831. The number of carbonyl (C=O) groups is 1. The molecule has 1 aliphatic heterocycles. The van der Waals surface area contributed by atoms with Crippen molar-refractivity contribution in [2.24, 2.45) is 0 Å². The fraction of sp³-hybridized carbons (Fsp3) is 0.588. The molecule has 2 aromatic heterocycles. The number of likely N-dealkylation sites (tertiary alicyclic amines) is 1. The Hall–Kier alpha value is -1.73. The van der Waals surface area contributed by atoms with Gasteiger partial charge in [0, 0.05) is 19.5 Å². The lowest BCUT2D eigenvalue weighted by Gasteiger charge is -2.24. The van der Waals surface area contributed by atoms with Gasteiger partial charge in [-0.1, -0.05) is 19.0 Å². The largest absolute Gasteiger partial charge is 0.340 e. The van der Waals surface area contributed by atoms with E-state index in [1.807, 2.05) is 26.3 Å². The van der Waals surface area contributed by atoms with Crippen LogP contribution in [0.25, 0.3) is 0 Å². The molecule has 130 valence electrons. The van der Waals surface area contributed by atoms with Crippen LogP contribution in [-0.4, -0.2) is 46.0 Å². The zero-order chi connectivity index (χ0) is 17.1. The van der Waals surface area contributed by atoms with Crippen LogP contribution in [0.15, 0.2) is 21.3 Å². The van der Waals surface area contributed by atoms with Gasteiger partial charge in [-0.3, -0.25) is 9.69 Å². The summed E-state index contributed by atoms with van der Waals surface area (Å²) in [6, 6.07) is 2.14. The number of nitrogens with zero attached hydrogens (tertiary/aromatic N) is 4. The van der Waals surface area contributed by atoms with Gasteiger partial charge in [0.1, 0.15) is 0 Å². The molecule has 0 bridgehead atoms. The third-order valence-electron chi connectivity index (χ3n) is 4.38. The Morgan fingerprint density at radius 2 is 2.38 bits per heavy atom. The first-order valence-electron chi connectivity index (χ1n) is 8.37. The summed E-state index contributed by atoms with van der Waals surface area (Å²) >= 11 is 1.65. The number of hydrogen-bond acceptors (Lipinski definition) is 6. The molecule has 1 fully saturated rings. The normalized spacial score (nSPS) is 18.4. The molecule has 3 heterocycles. The average molecular weight is 348 g/mol. The lowest BCUT2D eigenvalue weighted by Crippen LogP contribution is -2.38. The van der Waals surface area contributed by atoms with E-state index < -0.39 is 0 Å². The molecule has 1 saturated heterocycles. The maximum absolute atomic E-state index is 12.5. The molecule has 1 aliphatic rings. The van der Waals surface area contributed by atoms with Crippen molar-refractivity contribution in [3.63, 3.8) is 0 Å². The van der Waals surface area contributed by atoms with Crippen LogP contribution >= 0.6 is 11.3 Å². The van der Waals surface area contributed by atoms with Crippen molar-refractivity contribution in [2.45, 2.75) is 45.2 Å². The van der Waals surface area contributed by atoms with Gasteiger partial charge in [0.05, 0.1) is 12.6 Å². The molecule has 0 radical (unpaired) electrons. The van der Waals surface area contributed by atoms with E-state index in [2.05, 4.69) is 26.5 Å². The van der Waals surface area contributed by atoms with Crippen LogP contribution in [0.1, 0.15) is 55.9 Å². The number of carbonyl (C=O) groups excluding carboxylic acids is 1. The molecular weight excluding hydrogens is 324 g/mol. The lowest BCUT2D eigenvalue weighted by molar-refractivity contribution is -0.131. The molecule has 1 atom stereocenters. The fourth-order valence-electron chi connectivity index (χ4n) is 2.96. The maximum atomic E-state index is 12.5. The molecule has 0 aromatic carbocycles. The summed E-state index contributed by atoms with van der Waals surface area (Å²) in [4.78, 5) is 21.0. The monoisotopic (exact) mass is 348 g/mol. The van der Waals surface area contributed by atoms with E-state index in [1.54, 1.807) is 16.2 Å². The van der Waals surface area contributed by atoms with Gasteiger partial charge in [0.2, 0.25) is 11.8 Å². The molecule has 24 heavy (non-hydrogen) atoms. The van der Waals surface area contributed by atoms with Crippen molar-refractivity contribution in [1.82, 2.24) is 19.9 Å². The molecule has 6 nitrogen and oxygen atoms in total. The highest BCUT2D eigenvalue weighted by molar-refractivity contribution is 7.07. The van der Waals surface area contributed by atoms with E-state index in [9.17, 15) is 4.79 Å². The lowest BCUT2D eigenvalue weighted by atomic mass is 10.2. The van der Waals surface area contributed by atoms with E-state index in [-0.39, 0.29) is 17.9 Å². The quantitative estimate of drug-likeness (QED) is 0.803. The molecule has 0 N–H and O–H groups in total. The number of thiophene rings is 1. The van der Waals surface area contributed by atoms with E-state index in [1.165, 1.54) is 5.56 Å². The molecule has 0 saturated carbocycles. The smallest absolute Gasteiger partial charge is 0.236 e. The second kappa shape index (κ2) is 7.44. The zero-order valence-corrected chi connectivity index (χ0v) is 15.3. The third kappa shape index (κ3) is 3.84. The van der Waals surface area contributed by atoms with Crippen LogP contribution < -0.4 is 0 Å². The zero-order valence-electron chi connectivity index (χ0n) is 14.4. The fourth-order valence-corrected chi connectivity index (χ4v) is 3.62. The van der Waals surface area contributed by atoms with Gasteiger partial charge in [-0.15, -0.1) is 0 Å². The Morgan fingerprint density at radius 3 is 3.04 bits per heavy atom. The first-order chi connectivity index (χ1) is 11.5. The summed E-state index contributed by atoms with van der Waals surface area (Å²) in [5.74, 6) is 1.72. The highest BCUT2D eigenvalue weighted by atomic mass is 32.1. The predicted octanol–water partition coefficient (Wildman–Crippen LogP) is 3.05. The first kappa shape index (κ1) is 17.1. The minimum Gasteiger partial charge on any atom is -0.340 e. The molecule has 0 spiro atoms. The van der Waals surface area contributed by atoms with Crippen LogP contribution in [-0.2, 0) is 11.3 Å². The maximum Gasteiger partial charge on any atom is 0.236 e.